The van der Waals surface area contributed by atoms with Gasteiger partial charge in [-0.25, -0.2) is 0 Å². The molecular formula is C18H27AlO6. The van der Waals surface area contributed by atoms with Crippen molar-refractivity contribution in [1.82, 2.24) is 0 Å². The summed E-state index contributed by atoms with van der Waals surface area (Å²) < 4.78 is 15.0. The van der Waals surface area contributed by atoms with Crippen LogP contribution in [0.25, 0.3) is 0 Å². The molecule has 0 atom stereocenters. The van der Waals surface area contributed by atoms with Crippen molar-refractivity contribution in [3.63, 3.8) is 0 Å². The van der Waals surface area contributed by atoms with Gasteiger partial charge in [0.05, 0.1) is 0 Å². The molecule has 0 rings (SSSR count). The Hall–Kier alpha value is -1.84. The summed E-state index contributed by atoms with van der Waals surface area (Å²) in [5.74, 6) is -2.08. The molecule has 0 aliphatic carbocycles. The maximum absolute atomic E-state index is 11.7. The number of carbonyl (C=O) groups excluding carboxylic acids is 3. The van der Waals surface area contributed by atoms with E-state index in [1.54, 1.807) is 18.2 Å². The summed E-state index contributed by atoms with van der Waals surface area (Å²) in [5.41, 5.74) is 0. The van der Waals surface area contributed by atoms with Gasteiger partial charge in [-0.15, -0.1) is 0 Å². The highest BCUT2D eigenvalue weighted by atomic mass is 27.3. The third-order valence-electron chi connectivity index (χ3n) is 2.76. The standard InChI is InChI=1S/3C6H10O2.Al/c3*1-2-3-4-5-6(7)8;/h3*4-5H,2-3H2,1H3,(H,7,8);/q;;;+3/p-3. The van der Waals surface area contributed by atoms with Crippen LogP contribution < -0.4 is 0 Å². The van der Waals surface area contributed by atoms with Gasteiger partial charge in [0.25, 0.3) is 17.9 Å². The lowest BCUT2D eigenvalue weighted by atomic mass is 10.3. The molecule has 0 unspecified atom stereocenters. The van der Waals surface area contributed by atoms with Gasteiger partial charge >= 0.3 is 15.1 Å². The number of unbranched alkanes of at least 4 members (excludes halogenated alkanes) is 3. The fourth-order valence-corrected chi connectivity index (χ4v) is 2.46. The third kappa shape index (κ3) is 14.2. The fraction of sp³-hybridized carbons (Fsp3) is 0.500. The van der Waals surface area contributed by atoms with E-state index in [1.807, 2.05) is 20.8 Å². The van der Waals surface area contributed by atoms with Crippen molar-refractivity contribution >= 4 is 33.1 Å². The van der Waals surface area contributed by atoms with Crippen LogP contribution in [-0.2, 0) is 25.7 Å². The summed E-state index contributed by atoms with van der Waals surface area (Å²) in [6, 6.07) is 0. The quantitative estimate of drug-likeness (QED) is 0.387. The number of allylic oxidation sites excluding steroid dienone is 3. The molecule has 6 nitrogen and oxygen atoms in total. The van der Waals surface area contributed by atoms with Crippen molar-refractivity contribution in [2.24, 2.45) is 0 Å². The van der Waals surface area contributed by atoms with Gasteiger partial charge in [-0.1, -0.05) is 58.3 Å². The van der Waals surface area contributed by atoms with Gasteiger partial charge in [0.2, 0.25) is 0 Å². The van der Waals surface area contributed by atoms with Crippen LogP contribution in [0.3, 0.4) is 0 Å². The van der Waals surface area contributed by atoms with Gasteiger partial charge < -0.3 is 11.4 Å². The second kappa shape index (κ2) is 15.7. The maximum atomic E-state index is 11.7. The van der Waals surface area contributed by atoms with Gasteiger partial charge in [-0.2, -0.15) is 0 Å². The molecular weight excluding hydrogens is 339 g/mol. The van der Waals surface area contributed by atoms with E-state index in [2.05, 4.69) is 0 Å². The average molecular weight is 366 g/mol. The molecule has 0 bridgehead atoms. The van der Waals surface area contributed by atoms with E-state index >= 15 is 0 Å². The van der Waals surface area contributed by atoms with Crippen LogP contribution in [0.4, 0.5) is 0 Å². The Balaban J connectivity index is 4.76. The van der Waals surface area contributed by atoms with E-state index in [-0.39, 0.29) is 0 Å². The average Bonchev–Trinajstić information content (AvgIpc) is 2.55. The van der Waals surface area contributed by atoms with Crippen LogP contribution >= 0.6 is 0 Å². The molecule has 0 aromatic heterocycles. The molecule has 25 heavy (non-hydrogen) atoms. The van der Waals surface area contributed by atoms with Crippen LogP contribution in [0.15, 0.2) is 36.5 Å². The van der Waals surface area contributed by atoms with Crippen LogP contribution in [-0.4, -0.2) is 33.1 Å². The summed E-state index contributed by atoms with van der Waals surface area (Å²) >= 11 is -3.26. The molecule has 0 radical (unpaired) electrons. The van der Waals surface area contributed by atoms with Gasteiger partial charge in [0.15, 0.2) is 0 Å². The fourth-order valence-electron chi connectivity index (χ4n) is 1.51. The largest absolute Gasteiger partial charge is 1.20 e. The summed E-state index contributed by atoms with van der Waals surface area (Å²) in [6.45, 7) is 5.92. The molecule has 0 saturated carbocycles. The topological polar surface area (TPSA) is 78.9 Å². The Labute approximate surface area is 154 Å². The third-order valence-corrected chi connectivity index (χ3v) is 4.04. The van der Waals surface area contributed by atoms with Crippen molar-refractivity contribution in [3.05, 3.63) is 36.5 Å². The van der Waals surface area contributed by atoms with E-state index in [0.717, 1.165) is 38.5 Å². The molecule has 0 aliphatic rings. The molecule has 0 aromatic rings. The highest BCUT2D eigenvalue weighted by molar-refractivity contribution is 6.45. The Morgan fingerprint density at radius 3 is 1.16 bits per heavy atom. The normalized spacial score (nSPS) is 11.2. The lowest BCUT2D eigenvalue weighted by Gasteiger charge is -2.10. The van der Waals surface area contributed by atoms with Crippen LogP contribution in [0, 0.1) is 0 Å². The van der Waals surface area contributed by atoms with E-state index in [1.165, 1.54) is 18.2 Å². The minimum absolute atomic E-state index is 0.694. The van der Waals surface area contributed by atoms with Crippen LogP contribution in [0.5, 0.6) is 0 Å². The van der Waals surface area contributed by atoms with Crippen LogP contribution in [0.2, 0.25) is 0 Å². The number of rotatable bonds is 12. The second-order valence-corrected chi connectivity index (χ2v) is 6.46. The van der Waals surface area contributed by atoms with Crippen molar-refractivity contribution < 1.29 is 25.7 Å². The van der Waals surface area contributed by atoms with Crippen molar-refractivity contribution in [2.75, 3.05) is 0 Å². The smallest absolute Gasteiger partial charge is 0.547 e. The zero-order valence-electron chi connectivity index (χ0n) is 15.2. The molecule has 0 amide bonds. The van der Waals surface area contributed by atoms with E-state index in [0.29, 0.717) is 0 Å². The molecule has 0 aliphatic heterocycles. The van der Waals surface area contributed by atoms with Gasteiger partial charge in [-0.3, -0.25) is 14.4 Å². The minimum Gasteiger partial charge on any atom is -0.547 e. The predicted octanol–water partition coefficient (Wildman–Crippen LogP) is 3.67. The molecule has 0 N–H and O–H groups in total. The highest BCUT2D eigenvalue weighted by Gasteiger charge is 2.48. The van der Waals surface area contributed by atoms with Crippen molar-refractivity contribution in [2.45, 2.75) is 59.3 Å². The molecule has 138 valence electrons. The Kier molecular flexibility index (Phi) is 14.5. The van der Waals surface area contributed by atoms with E-state index < -0.39 is 33.1 Å². The molecule has 0 heterocycles. The monoisotopic (exact) mass is 366 g/mol. The molecule has 7 heteroatoms. The SMILES string of the molecule is CCCC=CC(=O)[O][Al]([O]C(=O)C=CCCC)[O]C(=O)C=CCCC. The molecule has 0 aromatic carbocycles. The molecule has 0 saturated heterocycles. The number of carbonyl (C=O) groups is 3. The summed E-state index contributed by atoms with van der Waals surface area (Å²) in [5, 5.41) is 0. The lowest BCUT2D eigenvalue weighted by Crippen LogP contribution is -2.33. The van der Waals surface area contributed by atoms with Crippen molar-refractivity contribution in [3.8, 4) is 0 Å². The highest BCUT2D eigenvalue weighted by Crippen LogP contribution is 2.01. The van der Waals surface area contributed by atoms with Gasteiger partial charge in [0, 0.05) is 18.2 Å². The zero-order chi connectivity index (χ0) is 18.9. The lowest BCUT2D eigenvalue weighted by molar-refractivity contribution is -0.141. The minimum atomic E-state index is -3.26. The van der Waals surface area contributed by atoms with E-state index in [9.17, 15) is 14.4 Å². The zero-order valence-corrected chi connectivity index (χ0v) is 16.4. The summed E-state index contributed by atoms with van der Waals surface area (Å²) in [7, 11) is 0. The second-order valence-electron chi connectivity index (χ2n) is 5.17. The maximum Gasteiger partial charge on any atom is 1.20 e. The van der Waals surface area contributed by atoms with Gasteiger partial charge in [-0.05, 0) is 19.3 Å². The summed E-state index contributed by atoms with van der Waals surface area (Å²) in [4.78, 5) is 35.2. The van der Waals surface area contributed by atoms with Crippen molar-refractivity contribution in [1.29, 1.82) is 0 Å². The molecule has 0 fully saturated rings. The first kappa shape index (κ1) is 23.2. The first-order valence-electron chi connectivity index (χ1n) is 8.64. The van der Waals surface area contributed by atoms with Gasteiger partial charge in [0.1, 0.15) is 0 Å². The number of hydrogen-bond acceptors (Lipinski definition) is 6. The Morgan fingerprint density at radius 2 is 0.920 bits per heavy atom. The summed E-state index contributed by atoms with van der Waals surface area (Å²) in [6.07, 6.45) is 13.5. The van der Waals surface area contributed by atoms with E-state index in [4.69, 9.17) is 11.4 Å². The first-order chi connectivity index (χ1) is 12.0. The Morgan fingerprint density at radius 1 is 0.640 bits per heavy atom. The van der Waals surface area contributed by atoms with Crippen LogP contribution in [0.1, 0.15) is 59.3 Å². The first-order valence-corrected chi connectivity index (χ1v) is 10.1. The predicted molar refractivity (Wildman–Crippen MR) is 96.2 cm³/mol. The molecule has 0 spiro atoms. The Bertz CT molecular complexity index is 424. The number of hydrogen-bond donors (Lipinski definition) is 0.